The third-order valence-corrected chi connectivity index (χ3v) is 5.02. The largest absolute Gasteiger partial charge is 0.417 e. The first-order chi connectivity index (χ1) is 13.0. The lowest BCUT2D eigenvalue weighted by Crippen LogP contribution is -2.47. The van der Waals surface area contributed by atoms with Crippen LogP contribution in [0.1, 0.15) is 24.2 Å². The van der Waals surface area contributed by atoms with Crippen molar-refractivity contribution in [1.29, 1.82) is 5.26 Å². The molecule has 9 heteroatoms. The molecule has 0 unspecified atom stereocenters. The Morgan fingerprint density at radius 2 is 1.71 bits per heavy atom. The van der Waals surface area contributed by atoms with Crippen molar-refractivity contribution in [3.05, 3.63) is 41.7 Å². The van der Waals surface area contributed by atoms with Crippen LogP contribution in [0.2, 0.25) is 0 Å². The molecule has 0 bridgehead atoms. The minimum absolute atomic E-state index is 0. The SMILES string of the molecule is Cl.N#Cc1nc(-c2ccccc2C(F)(F)F)cc(N2CCN(C3CC3)CC2)n1. The molecule has 148 valence electrons. The van der Waals surface area contributed by atoms with E-state index >= 15 is 0 Å². The van der Waals surface area contributed by atoms with Crippen molar-refractivity contribution in [1.82, 2.24) is 14.9 Å². The van der Waals surface area contributed by atoms with Crippen LogP contribution in [0.5, 0.6) is 0 Å². The zero-order chi connectivity index (χ0) is 19.0. The second kappa shape index (κ2) is 7.94. The summed E-state index contributed by atoms with van der Waals surface area (Å²) in [6.07, 6.45) is -2.01. The highest BCUT2D eigenvalue weighted by atomic mass is 35.5. The summed E-state index contributed by atoms with van der Waals surface area (Å²) in [5.74, 6) is 0.382. The first-order valence-electron chi connectivity index (χ1n) is 8.90. The number of nitriles is 1. The van der Waals surface area contributed by atoms with E-state index in [0.29, 0.717) is 11.9 Å². The monoisotopic (exact) mass is 409 g/mol. The van der Waals surface area contributed by atoms with Crippen LogP contribution in [0.3, 0.4) is 0 Å². The molecule has 28 heavy (non-hydrogen) atoms. The molecule has 2 aromatic rings. The van der Waals surface area contributed by atoms with Crippen molar-refractivity contribution in [2.24, 2.45) is 0 Å². The Bertz CT molecular complexity index is 884. The van der Waals surface area contributed by atoms with E-state index in [-0.39, 0.29) is 29.5 Å². The van der Waals surface area contributed by atoms with E-state index in [4.69, 9.17) is 0 Å². The molecule has 0 radical (unpaired) electrons. The molecule has 5 nitrogen and oxygen atoms in total. The van der Waals surface area contributed by atoms with Gasteiger partial charge < -0.3 is 4.90 Å². The summed E-state index contributed by atoms with van der Waals surface area (Å²) >= 11 is 0. The summed E-state index contributed by atoms with van der Waals surface area (Å²) in [5.41, 5.74) is -0.687. The van der Waals surface area contributed by atoms with Crippen LogP contribution in [0.15, 0.2) is 30.3 Å². The van der Waals surface area contributed by atoms with Gasteiger partial charge in [0.25, 0.3) is 0 Å². The zero-order valence-corrected chi connectivity index (χ0v) is 15.8. The first kappa shape index (κ1) is 20.4. The van der Waals surface area contributed by atoms with Crippen molar-refractivity contribution in [3.63, 3.8) is 0 Å². The molecule has 1 aromatic carbocycles. The Balaban J connectivity index is 0.00000225. The van der Waals surface area contributed by atoms with Gasteiger partial charge in [0.2, 0.25) is 5.82 Å². The number of piperazine rings is 1. The summed E-state index contributed by atoms with van der Waals surface area (Å²) in [5, 5.41) is 9.26. The Labute approximate surface area is 167 Å². The molecule has 0 spiro atoms. The van der Waals surface area contributed by atoms with Gasteiger partial charge in [-0.05, 0) is 18.9 Å². The van der Waals surface area contributed by atoms with Gasteiger partial charge in [-0.2, -0.15) is 18.4 Å². The van der Waals surface area contributed by atoms with Gasteiger partial charge in [0.1, 0.15) is 11.9 Å². The number of rotatable bonds is 3. The maximum absolute atomic E-state index is 13.4. The van der Waals surface area contributed by atoms with Crippen LogP contribution in [-0.4, -0.2) is 47.1 Å². The summed E-state index contributed by atoms with van der Waals surface area (Å²) in [7, 11) is 0. The van der Waals surface area contributed by atoms with Gasteiger partial charge in [-0.1, -0.05) is 18.2 Å². The van der Waals surface area contributed by atoms with Crippen molar-refractivity contribution in [2.75, 3.05) is 31.1 Å². The summed E-state index contributed by atoms with van der Waals surface area (Å²) < 4.78 is 40.1. The van der Waals surface area contributed by atoms with Crippen molar-refractivity contribution in [2.45, 2.75) is 25.1 Å². The second-order valence-electron chi connectivity index (χ2n) is 6.84. The molecule has 1 aliphatic heterocycles. The molecule has 2 fully saturated rings. The predicted molar refractivity (Wildman–Crippen MR) is 101 cm³/mol. The molecule has 0 amide bonds. The Hall–Kier alpha value is -2.37. The average molecular weight is 410 g/mol. The molecular formula is C19H19ClF3N5. The Kier molecular flexibility index (Phi) is 5.77. The van der Waals surface area contributed by atoms with Gasteiger partial charge in [0, 0.05) is 43.9 Å². The number of hydrogen-bond acceptors (Lipinski definition) is 5. The van der Waals surface area contributed by atoms with Crippen molar-refractivity contribution < 1.29 is 13.2 Å². The fourth-order valence-corrected chi connectivity index (χ4v) is 3.49. The van der Waals surface area contributed by atoms with E-state index in [0.717, 1.165) is 32.2 Å². The second-order valence-corrected chi connectivity index (χ2v) is 6.84. The molecule has 0 atom stereocenters. The lowest BCUT2D eigenvalue weighted by molar-refractivity contribution is -0.137. The van der Waals surface area contributed by atoms with Gasteiger partial charge in [-0.15, -0.1) is 12.4 Å². The Morgan fingerprint density at radius 1 is 1.04 bits per heavy atom. The lowest BCUT2D eigenvalue weighted by atomic mass is 10.0. The van der Waals surface area contributed by atoms with Crippen LogP contribution in [0.4, 0.5) is 19.0 Å². The quantitative estimate of drug-likeness (QED) is 0.773. The standard InChI is InChI=1S/C19H18F3N5.ClH/c20-19(21,22)15-4-2-1-3-14(15)16-11-18(25-17(12-23)24-16)27-9-7-26(8-10-27)13-5-6-13;/h1-4,11,13H,5-10H2;1H. The first-order valence-corrected chi connectivity index (χ1v) is 8.90. The molecular weight excluding hydrogens is 391 g/mol. The summed E-state index contributed by atoms with van der Waals surface area (Å²) in [4.78, 5) is 12.7. The number of aromatic nitrogens is 2. The molecule has 1 aliphatic carbocycles. The van der Waals surface area contributed by atoms with Gasteiger partial charge in [0.05, 0.1) is 11.3 Å². The van der Waals surface area contributed by atoms with Gasteiger partial charge in [-0.3, -0.25) is 4.90 Å². The molecule has 4 rings (SSSR count). The fourth-order valence-electron chi connectivity index (χ4n) is 3.49. The number of hydrogen-bond donors (Lipinski definition) is 0. The summed E-state index contributed by atoms with van der Waals surface area (Å²) in [6.45, 7) is 3.26. The maximum Gasteiger partial charge on any atom is 0.417 e. The smallest absolute Gasteiger partial charge is 0.354 e. The van der Waals surface area contributed by atoms with Crippen LogP contribution in [0.25, 0.3) is 11.3 Å². The molecule has 1 saturated carbocycles. The van der Waals surface area contributed by atoms with E-state index in [9.17, 15) is 18.4 Å². The fraction of sp³-hybridized carbons (Fsp3) is 0.421. The van der Waals surface area contributed by atoms with Gasteiger partial charge in [0.15, 0.2) is 0 Å². The average Bonchev–Trinajstić information content (AvgIpc) is 3.52. The van der Waals surface area contributed by atoms with E-state index in [1.165, 1.54) is 31.0 Å². The number of benzene rings is 1. The highest BCUT2D eigenvalue weighted by molar-refractivity contribution is 5.85. The van der Waals surface area contributed by atoms with Gasteiger partial charge >= 0.3 is 6.18 Å². The van der Waals surface area contributed by atoms with E-state index < -0.39 is 11.7 Å². The molecule has 1 saturated heterocycles. The van der Waals surface area contributed by atoms with Crippen molar-refractivity contribution >= 4 is 18.2 Å². The third-order valence-electron chi connectivity index (χ3n) is 5.02. The van der Waals surface area contributed by atoms with Gasteiger partial charge in [-0.25, -0.2) is 9.97 Å². The van der Waals surface area contributed by atoms with Crippen LogP contribution >= 0.6 is 12.4 Å². The third kappa shape index (κ3) is 4.21. The number of nitrogens with zero attached hydrogens (tertiary/aromatic N) is 5. The molecule has 2 heterocycles. The van der Waals surface area contributed by atoms with E-state index in [1.54, 1.807) is 6.07 Å². The molecule has 2 aliphatic rings. The zero-order valence-electron chi connectivity index (χ0n) is 15.0. The topological polar surface area (TPSA) is 56.1 Å². The Morgan fingerprint density at radius 3 is 2.32 bits per heavy atom. The minimum atomic E-state index is -4.50. The lowest BCUT2D eigenvalue weighted by Gasteiger charge is -2.35. The van der Waals surface area contributed by atoms with Crippen LogP contribution in [-0.2, 0) is 6.18 Å². The predicted octanol–water partition coefficient (Wildman–Crippen LogP) is 3.74. The van der Waals surface area contributed by atoms with Crippen molar-refractivity contribution in [3.8, 4) is 17.3 Å². The van der Waals surface area contributed by atoms with Crippen LogP contribution < -0.4 is 4.90 Å². The normalized spacial score (nSPS) is 17.7. The maximum atomic E-state index is 13.4. The minimum Gasteiger partial charge on any atom is -0.354 e. The highest BCUT2D eigenvalue weighted by Gasteiger charge is 2.34. The highest BCUT2D eigenvalue weighted by Crippen LogP contribution is 2.37. The molecule has 1 aromatic heterocycles. The van der Waals surface area contributed by atoms with E-state index in [1.807, 2.05) is 11.0 Å². The number of alkyl halides is 3. The van der Waals surface area contributed by atoms with E-state index in [2.05, 4.69) is 14.9 Å². The number of halogens is 4. The van der Waals surface area contributed by atoms with Crippen LogP contribution in [0, 0.1) is 11.3 Å². The number of anilines is 1. The summed E-state index contributed by atoms with van der Waals surface area (Å²) in [6, 6.07) is 9.39. The molecule has 0 N–H and O–H groups in total.